The van der Waals surface area contributed by atoms with E-state index in [0.717, 1.165) is 17.1 Å². The van der Waals surface area contributed by atoms with E-state index >= 15 is 0 Å². The highest BCUT2D eigenvalue weighted by atomic mass is 32.2. The Labute approximate surface area is 103 Å². The molecule has 1 atom stereocenters. The smallest absolute Gasteiger partial charge is 0.324 e. The van der Waals surface area contributed by atoms with Gasteiger partial charge in [0.25, 0.3) is 10.2 Å². The van der Waals surface area contributed by atoms with Crippen molar-refractivity contribution in [2.45, 2.75) is 32.2 Å². The molecule has 0 amide bonds. The summed E-state index contributed by atoms with van der Waals surface area (Å²) >= 11 is 0. The first-order valence-corrected chi connectivity index (χ1v) is 7.17. The zero-order valence-corrected chi connectivity index (χ0v) is 11.4. The molecule has 0 N–H and O–H groups in total. The molecule has 7 heteroatoms. The van der Waals surface area contributed by atoms with E-state index in [1.165, 1.54) is 18.4 Å². The zero-order valence-electron chi connectivity index (χ0n) is 10.5. The van der Waals surface area contributed by atoms with Gasteiger partial charge in [0.1, 0.15) is 6.04 Å². The molecule has 1 saturated heterocycles. The van der Waals surface area contributed by atoms with Crippen molar-refractivity contribution in [3.63, 3.8) is 0 Å². The van der Waals surface area contributed by atoms with Crippen LogP contribution in [0.3, 0.4) is 0 Å². The number of hydrogen-bond acceptors (Lipinski definition) is 4. The van der Waals surface area contributed by atoms with E-state index in [2.05, 4.69) is 0 Å². The largest absolute Gasteiger partial charge is 0.465 e. The summed E-state index contributed by atoms with van der Waals surface area (Å²) < 4.78 is 31.4. The second kappa shape index (κ2) is 5.79. The van der Waals surface area contributed by atoms with Gasteiger partial charge in [-0.25, -0.2) is 0 Å². The minimum atomic E-state index is -3.55. The van der Waals surface area contributed by atoms with E-state index < -0.39 is 22.2 Å². The molecule has 0 aromatic rings. The lowest BCUT2D eigenvalue weighted by Gasteiger charge is -2.34. The molecule has 0 unspecified atom stereocenters. The number of hydrogen-bond donors (Lipinski definition) is 0. The summed E-state index contributed by atoms with van der Waals surface area (Å²) in [6, 6.07) is -0.670. The van der Waals surface area contributed by atoms with Crippen LogP contribution in [-0.2, 0) is 19.7 Å². The summed E-state index contributed by atoms with van der Waals surface area (Å²) in [5.41, 5.74) is 0. The SMILES string of the molecule is CCOC(=O)[C@H]1CCCCN1S(=O)(=O)N(C)C. The van der Waals surface area contributed by atoms with Crippen LogP contribution in [0.15, 0.2) is 0 Å². The van der Waals surface area contributed by atoms with E-state index in [0.29, 0.717) is 13.0 Å². The van der Waals surface area contributed by atoms with Gasteiger partial charge in [-0.2, -0.15) is 17.0 Å². The van der Waals surface area contributed by atoms with E-state index in [-0.39, 0.29) is 6.61 Å². The number of carbonyl (C=O) groups is 1. The normalized spacial score (nSPS) is 22.7. The number of esters is 1. The first-order valence-electron chi connectivity index (χ1n) is 5.77. The van der Waals surface area contributed by atoms with Crippen LogP contribution in [0.1, 0.15) is 26.2 Å². The van der Waals surface area contributed by atoms with Gasteiger partial charge < -0.3 is 4.74 Å². The summed E-state index contributed by atoms with van der Waals surface area (Å²) in [5.74, 6) is -0.447. The Bertz CT molecular complexity index is 367. The van der Waals surface area contributed by atoms with Crippen LogP contribution < -0.4 is 0 Å². The van der Waals surface area contributed by atoms with Crippen LogP contribution in [-0.4, -0.2) is 56.3 Å². The summed E-state index contributed by atoms with van der Waals surface area (Å²) in [6.07, 6.45) is 2.16. The third kappa shape index (κ3) is 3.17. The van der Waals surface area contributed by atoms with E-state index in [4.69, 9.17) is 4.74 Å². The quantitative estimate of drug-likeness (QED) is 0.681. The number of nitrogens with zero attached hydrogens (tertiary/aromatic N) is 2. The molecule has 0 bridgehead atoms. The molecule has 1 fully saturated rings. The molecule has 0 spiro atoms. The Hall–Kier alpha value is -0.660. The molecule has 0 aliphatic carbocycles. The van der Waals surface area contributed by atoms with Gasteiger partial charge in [-0.15, -0.1) is 0 Å². The molecule has 0 radical (unpaired) electrons. The number of carbonyl (C=O) groups excluding carboxylic acids is 1. The number of rotatable bonds is 4. The molecule has 100 valence electrons. The highest BCUT2D eigenvalue weighted by Gasteiger charge is 2.38. The fraction of sp³-hybridized carbons (Fsp3) is 0.900. The topological polar surface area (TPSA) is 66.9 Å². The Balaban J connectivity index is 2.90. The third-order valence-electron chi connectivity index (χ3n) is 2.77. The molecular weight excluding hydrogens is 244 g/mol. The summed E-state index contributed by atoms with van der Waals surface area (Å²) in [7, 11) is -0.618. The fourth-order valence-corrected chi connectivity index (χ4v) is 3.16. The van der Waals surface area contributed by atoms with Gasteiger partial charge in [0, 0.05) is 20.6 Å². The molecule has 1 rings (SSSR count). The maximum absolute atomic E-state index is 12.0. The van der Waals surface area contributed by atoms with Crippen LogP contribution in [0.25, 0.3) is 0 Å². The Kier molecular flexibility index (Phi) is 4.91. The highest BCUT2D eigenvalue weighted by molar-refractivity contribution is 7.86. The Morgan fingerprint density at radius 1 is 1.41 bits per heavy atom. The van der Waals surface area contributed by atoms with Gasteiger partial charge >= 0.3 is 5.97 Å². The predicted octanol–water partition coefficient (Wildman–Crippen LogP) is 0.210. The monoisotopic (exact) mass is 264 g/mol. The fourth-order valence-electron chi connectivity index (χ4n) is 1.86. The van der Waals surface area contributed by atoms with Crippen molar-refractivity contribution in [3.05, 3.63) is 0 Å². The number of ether oxygens (including phenoxy) is 1. The molecular formula is C10H20N2O4S. The summed E-state index contributed by atoms with van der Waals surface area (Å²) in [4.78, 5) is 11.7. The van der Waals surface area contributed by atoms with Crippen molar-refractivity contribution >= 4 is 16.2 Å². The molecule has 6 nitrogen and oxygen atoms in total. The average molecular weight is 264 g/mol. The van der Waals surface area contributed by atoms with Gasteiger partial charge in [0.2, 0.25) is 0 Å². The molecule has 17 heavy (non-hydrogen) atoms. The van der Waals surface area contributed by atoms with E-state index in [9.17, 15) is 13.2 Å². The minimum Gasteiger partial charge on any atom is -0.465 e. The van der Waals surface area contributed by atoms with Crippen LogP contribution in [0.4, 0.5) is 0 Å². The lowest BCUT2D eigenvalue weighted by molar-refractivity contribution is -0.148. The maximum Gasteiger partial charge on any atom is 0.324 e. The molecule has 1 heterocycles. The van der Waals surface area contributed by atoms with Gasteiger partial charge in [0.05, 0.1) is 6.61 Å². The van der Waals surface area contributed by atoms with Crippen molar-refractivity contribution in [2.24, 2.45) is 0 Å². The first-order chi connectivity index (χ1) is 7.91. The predicted molar refractivity (Wildman–Crippen MR) is 63.6 cm³/mol. The Morgan fingerprint density at radius 2 is 2.06 bits per heavy atom. The molecule has 0 saturated carbocycles. The number of piperidine rings is 1. The highest BCUT2D eigenvalue weighted by Crippen LogP contribution is 2.22. The molecule has 1 aliphatic heterocycles. The van der Waals surface area contributed by atoms with E-state index in [1.807, 2.05) is 0 Å². The molecule has 0 aromatic heterocycles. The standard InChI is InChI=1S/C10H20N2O4S/c1-4-16-10(13)9-7-5-6-8-12(9)17(14,15)11(2)3/h9H,4-8H2,1-3H3/t9-/m1/s1. The zero-order chi connectivity index (χ0) is 13.1. The van der Waals surface area contributed by atoms with Gasteiger partial charge in [0.15, 0.2) is 0 Å². The Morgan fingerprint density at radius 3 is 2.59 bits per heavy atom. The minimum absolute atomic E-state index is 0.269. The van der Waals surface area contributed by atoms with Crippen molar-refractivity contribution in [1.29, 1.82) is 0 Å². The van der Waals surface area contributed by atoms with Crippen LogP contribution in [0.5, 0.6) is 0 Å². The lowest BCUT2D eigenvalue weighted by atomic mass is 10.1. The van der Waals surface area contributed by atoms with Crippen molar-refractivity contribution in [3.8, 4) is 0 Å². The molecule has 0 aromatic carbocycles. The van der Waals surface area contributed by atoms with Crippen molar-refractivity contribution in [1.82, 2.24) is 8.61 Å². The van der Waals surface area contributed by atoms with Gasteiger partial charge in [-0.1, -0.05) is 0 Å². The summed E-state index contributed by atoms with van der Waals surface area (Å²) in [6.45, 7) is 2.36. The second-order valence-corrected chi connectivity index (χ2v) is 6.26. The van der Waals surface area contributed by atoms with E-state index in [1.54, 1.807) is 6.92 Å². The second-order valence-electron chi connectivity index (χ2n) is 4.16. The van der Waals surface area contributed by atoms with Gasteiger partial charge in [-0.05, 0) is 26.2 Å². The van der Waals surface area contributed by atoms with Crippen LogP contribution in [0, 0.1) is 0 Å². The van der Waals surface area contributed by atoms with Crippen LogP contribution >= 0.6 is 0 Å². The van der Waals surface area contributed by atoms with Crippen LogP contribution in [0.2, 0.25) is 0 Å². The maximum atomic E-state index is 12.0. The molecule has 1 aliphatic rings. The first kappa shape index (κ1) is 14.4. The van der Waals surface area contributed by atoms with Gasteiger partial charge in [-0.3, -0.25) is 4.79 Å². The lowest BCUT2D eigenvalue weighted by Crippen LogP contribution is -2.52. The average Bonchev–Trinajstić information content (AvgIpc) is 2.29. The summed E-state index contributed by atoms with van der Waals surface area (Å²) in [5, 5.41) is 0. The van der Waals surface area contributed by atoms with Crippen molar-refractivity contribution in [2.75, 3.05) is 27.2 Å². The third-order valence-corrected chi connectivity index (χ3v) is 4.72. The van der Waals surface area contributed by atoms with Crippen molar-refractivity contribution < 1.29 is 17.9 Å².